The number of benzene rings is 1. The second-order valence-corrected chi connectivity index (χ2v) is 6.00. The van der Waals surface area contributed by atoms with Crippen LogP contribution in [0.1, 0.15) is 45.2 Å². The van der Waals surface area contributed by atoms with Crippen LogP contribution in [0.25, 0.3) is 0 Å². The molecule has 0 saturated carbocycles. The lowest BCUT2D eigenvalue weighted by Crippen LogP contribution is -2.39. The van der Waals surface area contributed by atoms with E-state index in [0.29, 0.717) is 11.5 Å². The fourth-order valence-corrected chi connectivity index (χ4v) is 2.12. The van der Waals surface area contributed by atoms with Crippen LogP contribution in [0.15, 0.2) is 24.3 Å². The summed E-state index contributed by atoms with van der Waals surface area (Å²) in [6, 6.07) is 9.19. The Morgan fingerprint density at radius 2 is 1.65 bits per heavy atom. The predicted molar refractivity (Wildman–Crippen MR) is 74.7 cm³/mol. The summed E-state index contributed by atoms with van der Waals surface area (Å²) in [7, 11) is 0. The first kappa shape index (κ1) is 14.2. The number of nitrogens with one attached hydrogen (secondary N) is 1. The van der Waals surface area contributed by atoms with Gasteiger partial charge in [0.1, 0.15) is 0 Å². The van der Waals surface area contributed by atoms with Gasteiger partial charge in [-0.05, 0) is 35.8 Å². The summed E-state index contributed by atoms with van der Waals surface area (Å²) >= 11 is 0. The van der Waals surface area contributed by atoms with Gasteiger partial charge in [-0.2, -0.15) is 0 Å². The molecule has 0 aliphatic rings. The van der Waals surface area contributed by atoms with E-state index < -0.39 is 0 Å². The average Bonchev–Trinajstić information content (AvgIpc) is 2.27. The molecule has 0 heterocycles. The van der Waals surface area contributed by atoms with Gasteiger partial charge in [-0.1, -0.05) is 52.0 Å². The largest absolute Gasteiger partial charge is 0.271 e. The van der Waals surface area contributed by atoms with Crippen molar-refractivity contribution in [3.8, 4) is 0 Å². The fourth-order valence-electron chi connectivity index (χ4n) is 2.12. The van der Waals surface area contributed by atoms with Crippen LogP contribution in [0, 0.1) is 5.41 Å². The Labute approximate surface area is 106 Å². The molecular formula is C15H26N2. The van der Waals surface area contributed by atoms with Gasteiger partial charge in [-0.15, -0.1) is 0 Å². The minimum Gasteiger partial charge on any atom is -0.271 e. The standard InChI is InChI=1S/C15H26N2/c1-5-12-6-8-13(9-7-12)10-14(17-16)11-15(2,3)4/h6-9,14,17H,5,10-11,16H2,1-4H3. The normalized spacial score (nSPS) is 13.7. The summed E-state index contributed by atoms with van der Waals surface area (Å²) in [4.78, 5) is 0. The van der Waals surface area contributed by atoms with Crippen molar-refractivity contribution >= 4 is 0 Å². The van der Waals surface area contributed by atoms with E-state index in [1.165, 1.54) is 11.1 Å². The van der Waals surface area contributed by atoms with Crippen LogP contribution in [0.4, 0.5) is 0 Å². The maximum Gasteiger partial charge on any atom is 0.0255 e. The molecule has 0 aromatic heterocycles. The van der Waals surface area contributed by atoms with Gasteiger partial charge in [0.25, 0.3) is 0 Å². The van der Waals surface area contributed by atoms with Gasteiger partial charge in [0, 0.05) is 6.04 Å². The van der Waals surface area contributed by atoms with Crippen molar-refractivity contribution in [3.63, 3.8) is 0 Å². The number of hydrazine groups is 1. The molecule has 0 spiro atoms. The van der Waals surface area contributed by atoms with Crippen LogP contribution in [-0.4, -0.2) is 6.04 Å². The topological polar surface area (TPSA) is 38.0 Å². The molecule has 1 aromatic rings. The molecule has 0 aliphatic heterocycles. The summed E-state index contributed by atoms with van der Waals surface area (Å²) in [6.45, 7) is 8.92. The monoisotopic (exact) mass is 234 g/mol. The number of nitrogens with two attached hydrogens (primary N) is 1. The molecule has 0 saturated heterocycles. The maximum absolute atomic E-state index is 5.63. The zero-order valence-electron chi connectivity index (χ0n) is 11.6. The summed E-state index contributed by atoms with van der Waals surface area (Å²) in [5.41, 5.74) is 5.99. The summed E-state index contributed by atoms with van der Waals surface area (Å²) in [5, 5.41) is 0. The molecule has 3 N–H and O–H groups in total. The zero-order valence-corrected chi connectivity index (χ0v) is 11.6. The molecule has 0 aliphatic carbocycles. The number of aryl methyl sites for hydroxylation is 1. The second-order valence-electron chi connectivity index (χ2n) is 6.00. The van der Waals surface area contributed by atoms with Crippen molar-refractivity contribution in [2.24, 2.45) is 11.3 Å². The van der Waals surface area contributed by atoms with E-state index in [4.69, 9.17) is 5.84 Å². The van der Waals surface area contributed by atoms with Gasteiger partial charge in [0.05, 0.1) is 0 Å². The third-order valence-electron chi connectivity index (χ3n) is 3.01. The number of hydrogen-bond acceptors (Lipinski definition) is 2. The number of rotatable bonds is 5. The van der Waals surface area contributed by atoms with Crippen molar-refractivity contribution in [2.45, 2.75) is 53.0 Å². The minimum atomic E-state index is 0.306. The van der Waals surface area contributed by atoms with Crippen LogP contribution < -0.4 is 11.3 Å². The van der Waals surface area contributed by atoms with Crippen molar-refractivity contribution in [1.29, 1.82) is 0 Å². The lowest BCUT2D eigenvalue weighted by Gasteiger charge is -2.25. The SMILES string of the molecule is CCc1ccc(CC(CC(C)(C)C)NN)cc1. The molecule has 2 heteroatoms. The van der Waals surface area contributed by atoms with E-state index >= 15 is 0 Å². The van der Waals surface area contributed by atoms with Crippen LogP contribution >= 0.6 is 0 Å². The van der Waals surface area contributed by atoms with Crippen molar-refractivity contribution in [3.05, 3.63) is 35.4 Å². The van der Waals surface area contributed by atoms with Crippen molar-refractivity contribution in [2.75, 3.05) is 0 Å². The van der Waals surface area contributed by atoms with Gasteiger partial charge in [0.15, 0.2) is 0 Å². The lowest BCUT2D eigenvalue weighted by molar-refractivity contribution is 0.308. The van der Waals surface area contributed by atoms with Gasteiger partial charge in [-0.25, -0.2) is 0 Å². The third-order valence-corrected chi connectivity index (χ3v) is 3.01. The molecule has 1 unspecified atom stereocenters. The Morgan fingerprint density at radius 1 is 1.12 bits per heavy atom. The van der Waals surface area contributed by atoms with Gasteiger partial charge >= 0.3 is 0 Å². The first-order valence-electron chi connectivity index (χ1n) is 6.48. The van der Waals surface area contributed by atoms with Gasteiger partial charge in [-0.3, -0.25) is 11.3 Å². The molecule has 0 fully saturated rings. The second kappa shape index (κ2) is 6.18. The average molecular weight is 234 g/mol. The highest BCUT2D eigenvalue weighted by Crippen LogP contribution is 2.22. The number of hydrogen-bond donors (Lipinski definition) is 2. The smallest absolute Gasteiger partial charge is 0.0255 e. The van der Waals surface area contributed by atoms with E-state index in [1.807, 2.05) is 0 Å². The van der Waals surface area contributed by atoms with Crippen LogP contribution in [0.5, 0.6) is 0 Å². The van der Waals surface area contributed by atoms with E-state index in [-0.39, 0.29) is 0 Å². The minimum absolute atomic E-state index is 0.306. The maximum atomic E-state index is 5.63. The summed E-state index contributed by atoms with van der Waals surface area (Å²) in [5.74, 6) is 5.63. The molecule has 0 amide bonds. The highest BCUT2D eigenvalue weighted by Gasteiger charge is 2.17. The Hall–Kier alpha value is -0.860. The molecule has 1 rings (SSSR count). The highest BCUT2D eigenvalue weighted by atomic mass is 15.2. The fraction of sp³-hybridized carbons (Fsp3) is 0.600. The van der Waals surface area contributed by atoms with Gasteiger partial charge < -0.3 is 0 Å². The Bertz CT molecular complexity index is 322. The Morgan fingerprint density at radius 3 is 2.06 bits per heavy atom. The Balaban J connectivity index is 2.61. The van der Waals surface area contributed by atoms with Crippen molar-refractivity contribution in [1.82, 2.24) is 5.43 Å². The van der Waals surface area contributed by atoms with Crippen LogP contribution in [0.3, 0.4) is 0 Å². The summed E-state index contributed by atoms with van der Waals surface area (Å²) < 4.78 is 0. The zero-order chi connectivity index (χ0) is 12.9. The van der Waals surface area contributed by atoms with Crippen LogP contribution in [0.2, 0.25) is 0 Å². The first-order chi connectivity index (χ1) is 7.94. The Kier molecular flexibility index (Phi) is 5.16. The van der Waals surface area contributed by atoms with E-state index in [0.717, 1.165) is 19.3 Å². The quantitative estimate of drug-likeness (QED) is 0.607. The van der Waals surface area contributed by atoms with Crippen molar-refractivity contribution < 1.29 is 0 Å². The molecule has 96 valence electrons. The third kappa shape index (κ3) is 5.33. The van der Waals surface area contributed by atoms with E-state index in [1.54, 1.807) is 0 Å². The predicted octanol–water partition coefficient (Wildman–Crippen LogP) is 3.06. The van der Waals surface area contributed by atoms with Crippen LogP contribution in [-0.2, 0) is 12.8 Å². The molecule has 1 atom stereocenters. The molecule has 2 nitrogen and oxygen atoms in total. The van der Waals surface area contributed by atoms with E-state index in [2.05, 4.69) is 57.4 Å². The summed E-state index contributed by atoms with van der Waals surface area (Å²) in [6.07, 6.45) is 3.18. The molecule has 1 aromatic carbocycles. The first-order valence-corrected chi connectivity index (χ1v) is 6.48. The molecular weight excluding hydrogens is 208 g/mol. The highest BCUT2D eigenvalue weighted by molar-refractivity contribution is 5.23. The van der Waals surface area contributed by atoms with Gasteiger partial charge in [0.2, 0.25) is 0 Å². The lowest BCUT2D eigenvalue weighted by atomic mass is 9.86. The molecule has 0 bridgehead atoms. The molecule has 17 heavy (non-hydrogen) atoms. The van der Waals surface area contributed by atoms with E-state index in [9.17, 15) is 0 Å². The molecule has 0 radical (unpaired) electrons.